The largest absolute Gasteiger partial charge is 0.422 e. The van der Waals surface area contributed by atoms with Gasteiger partial charge in [0.1, 0.15) is 11.1 Å². The third-order valence-electron chi connectivity index (χ3n) is 3.63. The summed E-state index contributed by atoms with van der Waals surface area (Å²) < 4.78 is 28.4. The van der Waals surface area contributed by atoms with Crippen LogP contribution in [0.4, 0.5) is 5.69 Å². The number of fused-ring (bicyclic) bond motifs is 1. The smallest absolute Gasteiger partial charge is 0.347 e. The fourth-order valence-electron chi connectivity index (χ4n) is 2.31. The van der Waals surface area contributed by atoms with Gasteiger partial charge in [0, 0.05) is 27.8 Å². The minimum atomic E-state index is -3.76. The average molecular weight is 449 g/mol. The van der Waals surface area contributed by atoms with Crippen molar-refractivity contribution in [3.63, 3.8) is 0 Å². The molecular formula is C18H13BrN2O5S. The molecule has 0 radical (unpaired) electrons. The van der Waals surface area contributed by atoms with Crippen LogP contribution in [0.3, 0.4) is 0 Å². The first-order chi connectivity index (χ1) is 12.7. The normalized spacial score (nSPS) is 11.8. The van der Waals surface area contributed by atoms with Crippen molar-refractivity contribution in [1.29, 1.82) is 0 Å². The quantitative estimate of drug-likeness (QED) is 0.351. The predicted molar refractivity (Wildman–Crippen MR) is 105 cm³/mol. The summed E-state index contributed by atoms with van der Waals surface area (Å²) >= 11 is 3.32. The van der Waals surface area contributed by atoms with Crippen molar-refractivity contribution < 1.29 is 17.6 Å². The molecule has 0 saturated carbocycles. The molecule has 0 fully saturated rings. The van der Waals surface area contributed by atoms with Crippen molar-refractivity contribution >= 4 is 48.4 Å². The molecule has 0 saturated heterocycles. The Hall–Kier alpha value is -2.75. The molecule has 2 aromatic carbocycles. The molecule has 0 bridgehead atoms. The number of nitrogens with one attached hydrogen (secondary N) is 1. The van der Waals surface area contributed by atoms with E-state index in [-0.39, 0.29) is 10.5 Å². The molecule has 0 spiro atoms. The summed E-state index contributed by atoms with van der Waals surface area (Å²) in [6.07, 6.45) is 2.53. The van der Waals surface area contributed by atoms with E-state index in [2.05, 4.69) is 21.2 Å². The van der Waals surface area contributed by atoms with Crippen molar-refractivity contribution in [1.82, 2.24) is 0 Å². The lowest BCUT2D eigenvalue weighted by atomic mass is 10.1. The van der Waals surface area contributed by atoms with Gasteiger partial charge < -0.3 is 9.73 Å². The van der Waals surface area contributed by atoms with Crippen molar-refractivity contribution in [3.05, 3.63) is 81.3 Å². The minimum absolute atomic E-state index is 0.0203. The zero-order chi connectivity index (χ0) is 19.6. The summed E-state index contributed by atoms with van der Waals surface area (Å²) in [4.78, 5) is 24.3. The van der Waals surface area contributed by atoms with Gasteiger partial charge in [-0.2, -0.15) is 0 Å². The van der Waals surface area contributed by atoms with E-state index in [0.29, 0.717) is 16.7 Å². The minimum Gasteiger partial charge on any atom is -0.422 e. The highest BCUT2D eigenvalue weighted by Gasteiger charge is 2.11. The highest BCUT2D eigenvalue weighted by molar-refractivity contribution is 9.10. The number of nitrogens with two attached hydrogens (primary N) is 1. The van der Waals surface area contributed by atoms with E-state index in [0.717, 1.165) is 4.47 Å². The van der Waals surface area contributed by atoms with Crippen LogP contribution < -0.4 is 16.1 Å². The van der Waals surface area contributed by atoms with Gasteiger partial charge >= 0.3 is 5.63 Å². The second-order valence-corrected chi connectivity index (χ2v) is 8.02. The molecule has 1 heterocycles. The van der Waals surface area contributed by atoms with E-state index in [1.165, 1.54) is 42.6 Å². The van der Waals surface area contributed by atoms with E-state index in [1.54, 1.807) is 18.2 Å². The Balaban J connectivity index is 1.78. The first-order valence-electron chi connectivity index (χ1n) is 7.58. The Kier molecular flexibility index (Phi) is 5.26. The molecular weight excluding hydrogens is 436 g/mol. The first kappa shape index (κ1) is 19.0. The molecule has 0 aliphatic heterocycles. The van der Waals surface area contributed by atoms with Crippen LogP contribution in [-0.2, 0) is 10.0 Å². The third-order valence-corrected chi connectivity index (χ3v) is 5.05. The number of benzene rings is 2. The van der Waals surface area contributed by atoms with Crippen LogP contribution >= 0.6 is 15.9 Å². The summed E-state index contributed by atoms with van der Waals surface area (Å²) in [5.74, 6) is -0.528. The van der Waals surface area contributed by atoms with E-state index in [1.807, 2.05) is 0 Å². The van der Waals surface area contributed by atoms with Crippen molar-refractivity contribution in [2.75, 3.05) is 5.32 Å². The van der Waals surface area contributed by atoms with Crippen LogP contribution in [0.2, 0.25) is 0 Å². The Morgan fingerprint density at radius 1 is 1.11 bits per heavy atom. The molecule has 0 unspecified atom stereocenters. The molecule has 3 N–H and O–H groups in total. The highest BCUT2D eigenvalue weighted by atomic mass is 79.9. The summed E-state index contributed by atoms with van der Waals surface area (Å²) in [6.45, 7) is 0. The summed E-state index contributed by atoms with van der Waals surface area (Å²) in [5.41, 5.74) is 0.109. The molecule has 138 valence electrons. The molecule has 0 aliphatic carbocycles. The molecule has 27 heavy (non-hydrogen) atoms. The number of primary sulfonamides is 1. The van der Waals surface area contributed by atoms with Crippen LogP contribution in [0.1, 0.15) is 10.4 Å². The maximum atomic E-state index is 12.3. The number of allylic oxidation sites excluding steroid dienone is 1. The molecule has 3 aromatic rings. The van der Waals surface area contributed by atoms with Gasteiger partial charge in [-0.15, -0.1) is 0 Å². The summed E-state index contributed by atoms with van der Waals surface area (Å²) in [6, 6.07) is 12.2. The maximum absolute atomic E-state index is 12.3. The monoisotopic (exact) mass is 448 g/mol. The van der Waals surface area contributed by atoms with Crippen molar-refractivity contribution in [2.24, 2.45) is 5.14 Å². The second-order valence-electron chi connectivity index (χ2n) is 5.54. The number of sulfonamides is 1. The van der Waals surface area contributed by atoms with Gasteiger partial charge in [0.2, 0.25) is 10.0 Å². The number of rotatable bonds is 5. The number of anilines is 1. The number of carbonyl (C=O) groups excluding carboxylic acids is 1. The third kappa shape index (κ3) is 4.51. The summed E-state index contributed by atoms with van der Waals surface area (Å²) in [7, 11) is -3.76. The number of halogens is 1. The Morgan fingerprint density at radius 2 is 1.81 bits per heavy atom. The number of hydrogen-bond acceptors (Lipinski definition) is 6. The molecule has 7 nitrogen and oxygen atoms in total. The molecule has 9 heteroatoms. The van der Waals surface area contributed by atoms with Crippen LogP contribution in [0.25, 0.3) is 11.0 Å². The zero-order valence-corrected chi connectivity index (χ0v) is 16.1. The molecule has 0 atom stereocenters. The lowest BCUT2D eigenvalue weighted by Crippen LogP contribution is -2.12. The van der Waals surface area contributed by atoms with E-state index < -0.39 is 21.4 Å². The molecule has 3 rings (SSSR count). The average Bonchev–Trinajstić information content (AvgIpc) is 2.61. The van der Waals surface area contributed by atoms with Gasteiger partial charge in [-0.3, -0.25) is 4.79 Å². The van der Waals surface area contributed by atoms with Gasteiger partial charge in [0.05, 0.1) is 4.90 Å². The Morgan fingerprint density at radius 3 is 2.48 bits per heavy atom. The fraction of sp³-hybridized carbons (Fsp3) is 0. The SMILES string of the molecule is NS(=O)(=O)c1ccc(N/C=C/C(=O)c2cc3cc(Br)ccc3oc2=O)cc1. The highest BCUT2D eigenvalue weighted by Crippen LogP contribution is 2.19. The number of ketones is 1. The van der Waals surface area contributed by atoms with Gasteiger partial charge in [-0.1, -0.05) is 15.9 Å². The topological polar surface area (TPSA) is 119 Å². The molecule has 1 aromatic heterocycles. The second kappa shape index (κ2) is 7.47. The van der Waals surface area contributed by atoms with Gasteiger partial charge in [-0.05, 0) is 48.5 Å². The number of carbonyl (C=O) groups is 1. The molecule has 0 aliphatic rings. The standard InChI is InChI=1S/C18H13BrN2O5S/c19-12-1-6-17-11(9-12)10-15(18(23)26-17)16(22)7-8-21-13-2-4-14(5-3-13)27(20,24)25/h1-10,21H,(H2,20,24,25)/b8-7+. The van der Waals surface area contributed by atoms with Crippen LogP contribution in [0.5, 0.6) is 0 Å². The molecule has 0 amide bonds. The van der Waals surface area contributed by atoms with Gasteiger partial charge in [-0.25, -0.2) is 18.4 Å². The fourth-order valence-corrected chi connectivity index (χ4v) is 3.20. The lowest BCUT2D eigenvalue weighted by molar-refractivity contribution is 0.104. The summed E-state index contributed by atoms with van der Waals surface area (Å²) in [5, 5.41) is 8.46. The van der Waals surface area contributed by atoms with Crippen LogP contribution in [0.15, 0.2) is 79.4 Å². The van der Waals surface area contributed by atoms with Crippen molar-refractivity contribution in [2.45, 2.75) is 4.90 Å². The first-order valence-corrected chi connectivity index (χ1v) is 9.92. The van der Waals surface area contributed by atoms with E-state index in [9.17, 15) is 18.0 Å². The Labute approximate surface area is 162 Å². The van der Waals surface area contributed by atoms with Crippen molar-refractivity contribution in [3.8, 4) is 0 Å². The van der Waals surface area contributed by atoms with Crippen LogP contribution in [-0.4, -0.2) is 14.2 Å². The predicted octanol–water partition coefficient (Wildman–Crippen LogP) is 3.01. The lowest BCUT2D eigenvalue weighted by Gasteiger charge is -2.02. The zero-order valence-electron chi connectivity index (χ0n) is 13.7. The number of hydrogen-bond donors (Lipinski definition) is 2. The van der Waals surface area contributed by atoms with E-state index >= 15 is 0 Å². The van der Waals surface area contributed by atoms with Gasteiger partial charge in [0.25, 0.3) is 0 Å². The van der Waals surface area contributed by atoms with Crippen LogP contribution in [0, 0.1) is 0 Å². The van der Waals surface area contributed by atoms with Gasteiger partial charge in [0.15, 0.2) is 5.78 Å². The Bertz CT molecular complexity index is 1210. The maximum Gasteiger partial charge on any atom is 0.347 e. The van der Waals surface area contributed by atoms with E-state index in [4.69, 9.17) is 9.56 Å².